The number of carbonyl (C=O) groups excluding carboxylic acids is 1. The number of carbonyl (C=O) groups is 1. The number of aromatic nitrogens is 1. The van der Waals surface area contributed by atoms with E-state index in [0.29, 0.717) is 10.0 Å². The smallest absolute Gasteiger partial charge is 0.142 e. The van der Waals surface area contributed by atoms with Crippen LogP contribution in [0.3, 0.4) is 0 Å². The van der Waals surface area contributed by atoms with Crippen LogP contribution in [0.25, 0.3) is 17.0 Å². The lowest BCUT2D eigenvalue weighted by molar-refractivity contribution is -0.104. The molecule has 0 saturated carbocycles. The quantitative estimate of drug-likeness (QED) is 0.630. The van der Waals surface area contributed by atoms with E-state index in [-0.39, 0.29) is 0 Å². The first-order valence-corrected chi connectivity index (χ1v) is 5.06. The van der Waals surface area contributed by atoms with Gasteiger partial charge in [-0.1, -0.05) is 23.2 Å². The summed E-state index contributed by atoms with van der Waals surface area (Å²) in [5, 5.41) is 1.90. The Morgan fingerprint density at radius 1 is 1.27 bits per heavy atom. The lowest BCUT2D eigenvalue weighted by Crippen LogP contribution is -1.71. The SMILES string of the molecule is O=C/C=C/c1cc2c(Cl)c(Cl)ccc2[nH]1. The molecular formula is C11H7Cl2NO. The standard InChI is InChI=1S/C11H7Cl2NO/c12-9-3-4-10-8(11(9)13)6-7(14-10)2-1-5-15/h1-6,14H/b2-1+. The molecule has 0 spiro atoms. The third kappa shape index (κ3) is 1.91. The molecule has 1 aromatic carbocycles. The summed E-state index contributed by atoms with van der Waals surface area (Å²) in [7, 11) is 0. The summed E-state index contributed by atoms with van der Waals surface area (Å²) in [4.78, 5) is 13.3. The minimum absolute atomic E-state index is 0.522. The maximum Gasteiger partial charge on any atom is 0.142 e. The highest BCUT2D eigenvalue weighted by Gasteiger charge is 2.05. The molecule has 0 amide bonds. The van der Waals surface area contributed by atoms with E-state index in [1.807, 2.05) is 12.1 Å². The Morgan fingerprint density at radius 2 is 2.07 bits per heavy atom. The zero-order chi connectivity index (χ0) is 10.8. The molecule has 76 valence electrons. The molecular weight excluding hydrogens is 233 g/mol. The molecule has 0 radical (unpaired) electrons. The predicted molar refractivity (Wildman–Crippen MR) is 63.4 cm³/mol. The van der Waals surface area contributed by atoms with Gasteiger partial charge in [0, 0.05) is 16.6 Å². The Bertz CT molecular complexity index is 543. The van der Waals surface area contributed by atoms with Crippen molar-refractivity contribution in [1.29, 1.82) is 0 Å². The van der Waals surface area contributed by atoms with Crippen LogP contribution in [0.1, 0.15) is 5.69 Å². The van der Waals surface area contributed by atoms with Gasteiger partial charge in [0.25, 0.3) is 0 Å². The number of nitrogens with one attached hydrogen (secondary N) is 1. The molecule has 0 fully saturated rings. The average Bonchev–Trinajstić information content (AvgIpc) is 2.64. The fraction of sp³-hybridized carbons (Fsp3) is 0. The highest BCUT2D eigenvalue weighted by atomic mass is 35.5. The second kappa shape index (κ2) is 4.09. The molecule has 1 N–H and O–H groups in total. The molecule has 15 heavy (non-hydrogen) atoms. The monoisotopic (exact) mass is 239 g/mol. The maximum absolute atomic E-state index is 10.2. The highest BCUT2D eigenvalue weighted by molar-refractivity contribution is 6.45. The zero-order valence-electron chi connectivity index (χ0n) is 7.63. The molecule has 0 aliphatic heterocycles. The number of fused-ring (bicyclic) bond motifs is 1. The summed E-state index contributed by atoms with van der Waals surface area (Å²) in [5.74, 6) is 0. The molecule has 2 rings (SSSR count). The number of benzene rings is 1. The van der Waals surface area contributed by atoms with E-state index in [1.54, 1.807) is 12.1 Å². The van der Waals surface area contributed by atoms with E-state index in [1.165, 1.54) is 6.08 Å². The van der Waals surface area contributed by atoms with Gasteiger partial charge in [-0.15, -0.1) is 0 Å². The van der Waals surface area contributed by atoms with Gasteiger partial charge in [0.05, 0.1) is 10.0 Å². The van der Waals surface area contributed by atoms with Gasteiger partial charge >= 0.3 is 0 Å². The second-order valence-corrected chi connectivity index (χ2v) is 3.83. The van der Waals surface area contributed by atoms with Gasteiger partial charge in [-0.05, 0) is 30.4 Å². The normalized spacial score (nSPS) is 11.3. The molecule has 0 atom stereocenters. The van der Waals surface area contributed by atoms with Crippen LogP contribution >= 0.6 is 23.2 Å². The van der Waals surface area contributed by atoms with Gasteiger partial charge < -0.3 is 4.98 Å². The van der Waals surface area contributed by atoms with Gasteiger partial charge in [0.1, 0.15) is 6.29 Å². The third-order valence-corrected chi connectivity index (χ3v) is 2.88. The van der Waals surface area contributed by atoms with Crippen LogP contribution in [0.15, 0.2) is 24.3 Å². The summed E-state index contributed by atoms with van der Waals surface area (Å²) in [6, 6.07) is 5.43. The van der Waals surface area contributed by atoms with Crippen LogP contribution in [0.4, 0.5) is 0 Å². The molecule has 2 nitrogen and oxygen atoms in total. The fourth-order valence-corrected chi connectivity index (χ4v) is 1.78. The van der Waals surface area contributed by atoms with Crippen molar-refractivity contribution in [2.45, 2.75) is 0 Å². The third-order valence-electron chi connectivity index (χ3n) is 2.07. The summed E-state index contributed by atoms with van der Waals surface area (Å²) in [5.41, 5.74) is 1.72. The summed E-state index contributed by atoms with van der Waals surface area (Å²) in [6.45, 7) is 0. The molecule has 0 aliphatic rings. The number of H-pyrrole nitrogens is 1. The first-order valence-electron chi connectivity index (χ1n) is 4.31. The van der Waals surface area contributed by atoms with E-state index >= 15 is 0 Å². The minimum atomic E-state index is 0.522. The van der Waals surface area contributed by atoms with Gasteiger partial charge in [0.15, 0.2) is 0 Å². The summed E-state index contributed by atoms with van der Waals surface area (Å²) >= 11 is 11.9. The molecule has 0 bridgehead atoms. The van der Waals surface area contributed by atoms with Crippen molar-refractivity contribution >= 4 is 46.5 Å². The molecule has 1 aromatic heterocycles. The first kappa shape index (κ1) is 10.3. The van der Waals surface area contributed by atoms with Gasteiger partial charge in [-0.3, -0.25) is 4.79 Å². The molecule has 2 aromatic rings. The Balaban J connectivity index is 2.60. The summed E-state index contributed by atoms with van der Waals surface area (Å²) < 4.78 is 0. The van der Waals surface area contributed by atoms with Crippen LogP contribution in [-0.2, 0) is 4.79 Å². The first-order chi connectivity index (χ1) is 7.22. The molecule has 0 aliphatic carbocycles. The van der Waals surface area contributed by atoms with Crippen molar-refractivity contribution in [3.8, 4) is 0 Å². The fourth-order valence-electron chi connectivity index (χ4n) is 1.40. The summed E-state index contributed by atoms with van der Waals surface area (Å²) in [6.07, 6.45) is 3.82. The van der Waals surface area contributed by atoms with E-state index in [4.69, 9.17) is 23.2 Å². The van der Waals surface area contributed by atoms with Crippen molar-refractivity contribution in [2.75, 3.05) is 0 Å². The highest BCUT2D eigenvalue weighted by Crippen LogP contribution is 2.31. The van der Waals surface area contributed by atoms with Gasteiger partial charge in [-0.25, -0.2) is 0 Å². The largest absolute Gasteiger partial charge is 0.355 e. The van der Waals surface area contributed by atoms with Gasteiger partial charge in [-0.2, -0.15) is 0 Å². The lowest BCUT2D eigenvalue weighted by Gasteiger charge is -1.95. The Morgan fingerprint density at radius 3 is 2.80 bits per heavy atom. The van der Waals surface area contributed by atoms with E-state index < -0.39 is 0 Å². The molecule has 4 heteroatoms. The number of hydrogen-bond acceptors (Lipinski definition) is 1. The van der Waals surface area contributed by atoms with Crippen LogP contribution < -0.4 is 0 Å². The molecule has 1 heterocycles. The van der Waals surface area contributed by atoms with E-state index in [9.17, 15) is 4.79 Å². The zero-order valence-corrected chi connectivity index (χ0v) is 9.14. The van der Waals surface area contributed by atoms with Crippen LogP contribution in [0.5, 0.6) is 0 Å². The average molecular weight is 240 g/mol. The predicted octanol–water partition coefficient (Wildman–Crippen LogP) is 3.69. The topological polar surface area (TPSA) is 32.9 Å². The Labute approximate surface area is 96.5 Å². The van der Waals surface area contributed by atoms with Crippen molar-refractivity contribution < 1.29 is 4.79 Å². The van der Waals surface area contributed by atoms with E-state index in [2.05, 4.69) is 4.98 Å². The molecule has 0 unspecified atom stereocenters. The van der Waals surface area contributed by atoms with Crippen LogP contribution in [-0.4, -0.2) is 11.3 Å². The Kier molecular flexibility index (Phi) is 2.80. The van der Waals surface area contributed by atoms with Crippen molar-refractivity contribution in [1.82, 2.24) is 4.98 Å². The number of aromatic amines is 1. The van der Waals surface area contributed by atoms with E-state index in [0.717, 1.165) is 22.9 Å². The van der Waals surface area contributed by atoms with Crippen molar-refractivity contribution in [3.05, 3.63) is 40.0 Å². The number of hydrogen-bond donors (Lipinski definition) is 1. The number of allylic oxidation sites excluding steroid dienone is 1. The maximum atomic E-state index is 10.2. The van der Waals surface area contributed by atoms with Gasteiger partial charge in [0.2, 0.25) is 0 Å². The Hall–Kier alpha value is -1.25. The second-order valence-electron chi connectivity index (χ2n) is 3.04. The van der Waals surface area contributed by atoms with Crippen LogP contribution in [0, 0.1) is 0 Å². The van der Waals surface area contributed by atoms with Crippen molar-refractivity contribution in [3.63, 3.8) is 0 Å². The molecule has 0 saturated heterocycles. The lowest BCUT2D eigenvalue weighted by atomic mass is 10.2. The van der Waals surface area contributed by atoms with Crippen LogP contribution in [0.2, 0.25) is 10.0 Å². The number of rotatable bonds is 2. The van der Waals surface area contributed by atoms with Crippen molar-refractivity contribution in [2.24, 2.45) is 0 Å². The minimum Gasteiger partial charge on any atom is -0.355 e. The number of halogens is 2. The number of aldehydes is 1.